The molecule has 2 aromatic rings. The molecule has 1 aliphatic heterocycles. The van der Waals surface area contributed by atoms with Crippen LogP contribution in [-0.2, 0) is 4.79 Å². The lowest BCUT2D eigenvalue weighted by molar-refractivity contribution is -0.122. The van der Waals surface area contributed by atoms with E-state index in [-0.39, 0.29) is 12.7 Å². The number of methoxy groups -OCH3 is 1. The Hall–Kier alpha value is -2.89. The molecule has 6 heteroatoms. The zero-order valence-corrected chi connectivity index (χ0v) is 13.6. The van der Waals surface area contributed by atoms with E-state index in [0.717, 1.165) is 0 Å². The fraction of sp³-hybridized carbons (Fsp3) is 0.278. The van der Waals surface area contributed by atoms with Gasteiger partial charge in [0.25, 0.3) is 5.91 Å². The number of anilines is 1. The van der Waals surface area contributed by atoms with Gasteiger partial charge in [0.05, 0.1) is 7.11 Å². The molecule has 1 amide bonds. The number of amides is 1. The summed E-state index contributed by atoms with van der Waals surface area (Å²) < 4.78 is 21.5. The molecule has 0 saturated heterocycles. The van der Waals surface area contributed by atoms with Crippen LogP contribution in [0.4, 0.5) is 5.69 Å². The average Bonchev–Trinajstić information content (AvgIpc) is 3.07. The summed E-state index contributed by atoms with van der Waals surface area (Å²) in [5.41, 5.74) is 0.636. The minimum Gasteiger partial charge on any atom is -0.497 e. The molecular weight excluding hydrogens is 310 g/mol. The van der Waals surface area contributed by atoms with E-state index >= 15 is 0 Å². The molecule has 0 aliphatic carbocycles. The smallest absolute Gasteiger partial charge is 0.265 e. The van der Waals surface area contributed by atoms with Gasteiger partial charge in [-0.15, -0.1) is 0 Å². The second kappa shape index (κ2) is 7.12. The number of nitrogens with one attached hydrogen (secondary N) is 1. The third-order valence-corrected chi connectivity index (χ3v) is 3.62. The Kier molecular flexibility index (Phi) is 4.74. The molecule has 1 atom stereocenters. The van der Waals surface area contributed by atoms with E-state index in [1.807, 2.05) is 19.1 Å². The molecule has 1 unspecified atom stereocenters. The van der Waals surface area contributed by atoms with E-state index in [1.54, 1.807) is 37.4 Å². The number of hydrogen-bond donors (Lipinski definition) is 1. The Balaban J connectivity index is 1.67. The van der Waals surface area contributed by atoms with Crippen LogP contribution >= 0.6 is 0 Å². The molecule has 24 heavy (non-hydrogen) atoms. The molecule has 0 fully saturated rings. The SMILES string of the molecule is CCC(Oc1cccc(OC)c1)C(=O)Nc1ccc2c(c1)OCO2. The van der Waals surface area contributed by atoms with E-state index in [1.165, 1.54) is 0 Å². The summed E-state index contributed by atoms with van der Waals surface area (Å²) in [5.74, 6) is 2.34. The topological polar surface area (TPSA) is 66.0 Å². The van der Waals surface area contributed by atoms with Crippen LogP contribution in [0.1, 0.15) is 13.3 Å². The normalized spacial score (nSPS) is 13.2. The summed E-state index contributed by atoms with van der Waals surface area (Å²) in [6.45, 7) is 2.09. The van der Waals surface area contributed by atoms with Crippen molar-refractivity contribution >= 4 is 11.6 Å². The second-order valence-electron chi connectivity index (χ2n) is 5.25. The van der Waals surface area contributed by atoms with Crippen LogP contribution in [0.25, 0.3) is 0 Å². The highest BCUT2D eigenvalue weighted by atomic mass is 16.7. The summed E-state index contributed by atoms with van der Waals surface area (Å²) in [6.07, 6.45) is -0.0735. The largest absolute Gasteiger partial charge is 0.497 e. The Morgan fingerprint density at radius 2 is 1.96 bits per heavy atom. The van der Waals surface area contributed by atoms with Crippen LogP contribution in [-0.4, -0.2) is 25.9 Å². The average molecular weight is 329 g/mol. The van der Waals surface area contributed by atoms with Crippen molar-refractivity contribution in [1.82, 2.24) is 0 Å². The Morgan fingerprint density at radius 3 is 2.75 bits per heavy atom. The van der Waals surface area contributed by atoms with E-state index in [4.69, 9.17) is 18.9 Å². The maximum atomic E-state index is 12.5. The van der Waals surface area contributed by atoms with Gasteiger partial charge in [0.2, 0.25) is 6.79 Å². The highest BCUT2D eigenvalue weighted by Crippen LogP contribution is 2.34. The summed E-state index contributed by atoms with van der Waals surface area (Å²) in [7, 11) is 1.59. The van der Waals surface area contributed by atoms with Crippen molar-refractivity contribution in [2.45, 2.75) is 19.4 Å². The van der Waals surface area contributed by atoms with Gasteiger partial charge in [-0.3, -0.25) is 4.79 Å². The van der Waals surface area contributed by atoms with Crippen molar-refractivity contribution < 1.29 is 23.7 Å². The molecule has 6 nitrogen and oxygen atoms in total. The molecule has 0 aromatic heterocycles. The lowest BCUT2D eigenvalue weighted by atomic mass is 10.2. The van der Waals surface area contributed by atoms with Gasteiger partial charge in [-0.2, -0.15) is 0 Å². The van der Waals surface area contributed by atoms with Gasteiger partial charge >= 0.3 is 0 Å². The number of rotatable bonds is 6. The quantitative estimate of drug-likeness (QED) is 0.881. The van der Waals surface area contributed by atoms with E-state index in [9.17, 15) is 4.79 Å². The predicted octanol–water partition coefficient (Wildman–Crippen LogP) is 3.22. The number of carbonyl (C=O) groups excluding carboxylic acids is 1. The fourth-order valence-corrected chi connectivity index (χ4v) is 2.36. The minimum atomic E-state index is -0.609. The highest BCUT2D eigenvalue weighted by molar-refractivity contribution is 5.94. The number of fused-ring (bicyclic) bond motifs is 1. The lowest BCUT2D eigenvalue weighted by Gasteiger charge is -2.17. The lowest BCUT2D eigenvalue weighted by Crippen LogP contribution is -2.32. The molecule has 1 heterocycles. The summed E-state index contributed by atoms with van der Waals surface area (Å²) in [5, 5.41) is 2.84. The third-order valence-electron chi connectivity index (χ3n) is 3.62. The minimum absolute atomic E-state index is 0.198. The number of ether oxygens (including phenoxy) is 4. The van der Waals surface area contributed by atoms with Crippen LogP contribution in [0.3, 0.4) is 0 Å². The first kappa shape index (κ1) is 16.0. The standard InChI is InChI=1S/C18H19NO5/c1-3-15(24-14-6-4-5-13(10-14)21-2)18(20)19-12-7-8-16-17(9-12)23-11-22-16/h4-10,15H,3,11H2,1-2H3,(H,19,20). The number of hydrogen-bond acceptors (Lipinski definition) is 5. The molecule has 1 N–H and O–H groups in total. The van der Waals surface area contributed by atoms with Crippen LogP contribution in [0.15, 0.2) is 42.5 Å². The van der Waals surface area contributed by atoms with Crippen molar-refractivity contribution in [3.8, 4) is 23.0 Å². The van der Waals surface area contributed by atoms with Gasteiger partial charge in [-0.1, -0.05) is 13.0 Å². The van der Waals surface area contributed by atoms with Crippen molar-refractivity contribution in [2.24, 2.45) is 0 Å². The van der Waals surface area contributed by atoms with Crippen LogP contribution < -0.4 is 24.3 Å². The van der Waals surface area contributed by atoms with Gasteiger partial charge in [-0.05, 0) is 30.7 Å². The molecule has 0 spiro atoms. The van der Waals surface area contributed by atoms with Gasteiger partial charge in [0.15, 0.2) is 17.6 Å². The van der Waals surface area contributed by atoms with Gasteiger partial charge in [-0.25, -0.2) is 0 Å². The summed E-state index contributed by atoms with van der Waals surface area (Å²) in [6, 6.07) is 12.4. The molecule has 3 rings (SSSR count). The van der Waals surface area contributed by atoms with Crippen molar-refractivity contribution in [1.29, 1.82) is 0 Å². The van der Waals surface area contributed by atoms with Crippen molar-refractivity contribution in [2.75, 3.05) is 19.2 Å². The second-order valence-corrected chi connectivity index (χ2v) is 5.25. The summed E-state index contributed by atoms with van der Waals surface area (Å²) >= 11 is 0. The highest BCUT2D eigenvalue weighted by Gasteiger charge is 2.20. The fourth-order valence-electron chi connectivity index (χ4n) is 2.36. The Morgan fingerprint density at radius 1 is 1.17 bits per heavy atom. The first-order chi connectivity index (χ1) is 11.7. The molecule has 126 valence electrons. The maximum Gasteiger partial charge on any atom is 0.265 e. The summed E-state index contributed by atoms with van der Waals surface area (Å²) in [4.78, 5) is 12.5. The number of benzene rings is 2. The Labute approximate surface area is 140 Å². The van der Waals surface area contributed by atoms with Gasteiger partial charge in [0.1, 0.15) is 11.5 Å². The zero-order chi connectivity index (χ0) is 16.9. The monoisotopic (exact) mass is 329 g/mol. The third kappa shape index (κ3) is 3.53. The zero-order valence-electron chi connectivity index (χ0n) is 13.6. The maximum absolute atomic E-state index is 12.5. The van der Waals surface area contributed by atoms with Gasteiger partial charge < -0.3 is 24.3 Å². The molecular formula is C18H19NO5. The van der Waals surface area contributed by atoms with E-state index < -0.39 is 6.10 Å². The van der Waals surface area contributed by atoms with Crippen molar-refractivity contribution in [3.05, 3.63) is 42.5 Å². The molecule has 0 radical (unpaired) electrons. The molecule has 1 aliphatic rings. The van der Waals surface area contributed by atoms with E-state index in [2.05, 4.69) is 5.32 Å². The van der Waals surface area contributed by atoms with Crippen LogP contribution in [0.2, 0.25) is 0 Å². The van der Waals surface area contributed by atoms with Crippen LogP contribution in [0, 0.1) is 0 Å². The predicted molar refractivity (Wildman–Crippen MR) is 88.9 cm³/mol. The first-order valence-electron chi connectivity index (χ1n) is 7.71. The van der Waals surface area contributed by atoms with Gasteiger partial charge in [0, 0.05) is 17.8 Å². The Bertz CT molecular complexity index is 731. The van der Waals surface area contributed by atoms with Crippen LogP contribution in [0.5, 0.6) is 23.0 Å². The number of carbonyl (C=O) groups is 1. The first-order valence-corrected chi connectivity index (χ1v) is 7.71. The molecule has 2 aromatic carbocycles. The molecule has 0 bridgehead atoms. The molecule has 0 saturated carbocycles. The van der Waals surface area contributed by atoms with E-state index in [0.29, 0.717) is 35.1 Å². The van der Waals surface area contributed by atoms with Crippen molar-refractivity contribution in [3.63, 3.8) is 0 Å².